The first kappa shape index (κ1) is 11.6. The summed E-state index contributed by atoms with van der Waals surface area (Å²) in [6.07, 6.45) is 0. The molecule has 1 unspecified atom stereocenters. The molecule has 1 atom stereocenters. The summed E-state index contributed by atoms with van der Waals surface area (Å²) in [5, 5.41) is 8.21. The smallest absolute Gasteiger partial charge is 0.128 e. The number of rotatable bonds is 2. The predicted octanol–water partition coefficient (Wildman–Crippen LogP) is 4.03. The van der Waals surface area contributed by atoms with Crippen molar-refractivity contribution in [2.24, 2.45) is 0 Å². The molecule has 3 heteroatoms. The van der Waals surface area contributed by atoms with E-state index in [4.69, 9.17) is 16.9 Å². The van der Waals surface area contributed by atoms with Crippen LogP contribution in [0.3, 0.4) is 0 Å². The summed E-state index contributed by atoms with van der Waals surface area (Å²) in [4.78, 5) is 0. The molecule has 2 aromatic carbocycles. The van der Waals surface area contributed by atoms with Gasteiger partial charge in [0.1, 0.15) is 5.82 Å². The Hall–Kier alpha value is -1.85. The van der Waals surface area contributed by atoms with Crippen LogP contribution in [0.2, 0.25) is 0 Å². The van der Waals surface area contributed by atoms with Gasteiger partial charge in [-0.1, -0.05) is 30.3 Å². The maximum atomic E-state index is 13.6. The van der Waals surface area contributed by atoms with Crippen LogP contribution >= 0.6 is 11.6 Å². The van der Waals surface area contributed by atoms with Gasteiger partial charge in [0.2, 0.25) is 0 Å². The second-order valence-electron chi connectivity index (χ2n) is 3.62. The van der Waals surface area contributed by atoms with Gasteiger partial charge in [0.15, 0.2) is 0 Å². The quantitative estimate of drug-likeness (QED) is 0.733. The number of benzene rings is 2. The Bertz CT molecular complexity index is 560. The van der Waals surface area contributed by atoms with Crippen molar-refractivity contribution in [3.8, 4) is 6.07 Å². The number of nitrogens with zero attached hydrogens (tertiary/aromatic N) is 1. The second kappa shape index (κ2) is 4.99. The molecule has 0 spiro atoms. The molecule has 84 valence electrons. The minimum Gasteiger partial charge on any atom is -0.207 e. The number of nitriles is 1. The number of halogens is 2. The predicted molar refractivity (Wildman–Crippen MR) is 65.3 cm³/mol. The summed E-state index contributed by atoms with van der Waals surface area (Å²) in [6, 6.07) is 15.4. The molecule has 1 nitrogen and oxygen atoms in total. The van der Waals surface area contributed by atoms with E-state index in [0.29, 0.717) is 11.1 Å². The van der Waals surface area contributed by atoms with Gasteiger partial charge >= 0.3 is 0 Å². The molecule has 0 N–H and O–H groups in total. The minimum atomic E-state index is -0.579. The van der Waals surface area contributed by atoms with E-state index in [-0.39, 0.29) is 0 Å². The molecule has 0 saturated heterocycles. The van der Waals surface area contributed by atoms with Crippen molar-refractivity contribution in [2.75, 3.05) is 0 Å². The van der Waals surface area contributed by atoms with Gasteiger partial charge < -0.3 is 0 Å². The van der Waals surface area contributed by atoms with Gasteiger partial charge in [-0.3, -0.25) is 0 Å². The van der Waals surface area contributed by atoms with Crippen LogP contribution in [0.1, 0.15) is 22.1 Å². The van der Waals surface area contributed by atoms with E-state index in [1.807, 2.05) is 36.4 Å². The van der Waals surface area contributed by atoms with Crippen molar-refractivity contribution in [1.29, 1.82) is 5.26 Å². The van der Waals surface area contributed by atoms with Gasteiger partial charge in [-0.15, -0.1) is 11.6 Å². The largest absolute Gasteiger partial charge is 0.207 e. The van der Waals surface area contributed by atoms with Gasteiger partial charge in [0, 0.05) is 5.56 Å². The van der Waals surface area contributed by atoms with E-state index < -0.39 is 11.2 Å². The Labute approximate surface area is 104 Å². The van der Waals surface area contributed by atoms with E-state index in [9.17, 15) is 4.39 Å². The topological polar surface area (TPSA) is 23.8 Å². The fourth-order valence-electron chi connectivity index (χ4n) is 1.61. The normalized spacial score (nSPS) is 11.8. The molecule has 0 fully saturated rings. The van der Waals surface area contributed by atoms with Crippen molar-refractivity contribution in [1.82, 2.24) is 0 Å². The molecule has 0 saturated carbocycles. The lowest BCUT2D eigenvalue weighted by Gasteiger charge is -2.11. The van der Waals surface area contributed by atoms with E-state index in [2.05, 4.69) is 0 Å². The molecule has 2 aromatic rings. The van der Waals surface area contributed by atoms with Crippen LogP contribution in [0.4, 0.5) is 4.39 Å². The maximum absolute atomic E-state index is 13.6. The molecule has 0 aliphatic heterocycles. The Morgan fingerprint density at radius 1 is 1.12 bits per heavy atom. The molecule has 0 aliphatic carbocycles. The third-order valence-corrected chi connectivity index (χ3v) is 2.98. The zero-order valence-corrected chi connectivity index (χ0v) is 9.66. The molecule has 0 aromatic heterocycles. The fraction of sp³-hybridized carbons (Fsp3) is 0.0714. The molecule has 0 radical (unpaired) electrons. The van der Waals surface area contributed by atoms with Gasteiger partial charge in [0.05, 0.1) is 17.0 Å². The Balaban J connectivity index is 2.44. The molecule has 0 bridgehead atoms. The number of alkyl halides is 1. The molecule has 0 aliphatic rings. The molecule has 0 heterocycles. The average Bonchev–Trinajstić information content (AvgIpc) is 2.39. The third kappa shape index (κ3) is 2.46. The second-order valence-corrected chi connectivity index (χ2v) is 4.06. The highest BCUT2D eigenvalue weighted by atomic mass is 35.5. The first-order valence-corrected chi connectivity index (χ1v) is 5.54. The molecule has 2 rings (SSSR count). The van der Waals surface area contributed by atoms with Gasteiger partial charge in [0.25, 0.3) is 0 Å². The van der Waals surface area contributed by atoms with E-state index >= 15 is 0 Å². The average molecular weight is 246 g/mol. The highest BCUT2D eigenvalue weighted by Gasteiger charge is 2.15. The fourth-order valence-corrected chi connectivity index (χ4v) is 1.92. The number of hydrogen-bond acceptors (Lipinski definition) is 1. The van der Waals surface area contributed by atoms with E-state index in [1.165, 1.54) is 18.2 Å². The van der Waals surface area contributed by atoms with Crippen LogP contribution in [0.25, 0.3) is 0 Å². The van der Waals surface area contributed by atoms with Gasteiger partial charge in [-0.2, -0.15) is 5.26 Å². The van der Waals surface area contributed by atoms with Crippen LogP contribution in [0.5, 0.6) is 0 Å². The molecule has 0 amide bonds. The highest BCUT2D eigenvalue weighted by Crippen LogP contribution is 2.30. The van der Waals surface area contributed by atoms with Crippen LogP contribution in [0.15, 0.2) is 48.5 Å². The van der Waals surface area contributed by atoms with E-state index in [1.54, 1.807) is 0 Å². The van der Waals surface area contributed by atoms with Crippen LogP contribution in [0, 0.1) is 17.1 Å². The highest BCUT2D eigenvalue weighted by molar-refractivity contribution is 6.22. The molecular formula is C14H9ClFN. The SMILES string of the molecule is N#Cc1ccc(F)c(C(Cl)c2ccccc2)c1. The Kier molecular flexibility index (Phi) is 3.41. The first-order valence-electron chi connectivity index (χ1n) is 5.11. The van der Waals surface area contributed by atoms with Gasteiger partial charge in [-0.25, -0.2) is 4.39 Å². The first-order chi connectivity index (χ1) is 8.22. The minimum absolute atomic E-state index is 0.330. The maximum Gasteiger partial charge on any atom is 0.128 e. The van der Waals surface area contributed by atoms with Crippen molar-refractivity contribution < 1.29 is 4.39 Å². The molecule has 17 heavy (non-hydrogen) atoms. The summed E-state index contributed by atoms with van der Waals surface area (Å²) < 4.78 is 13.6. The van der Waals surface area contributed by atoms with Crippen molar-refractivity contribution >= 4 is 11.6 Å². The van der Waals surface area contributed by atoms with Crippen LogP contribution in [-0.4, -0.2) is 0 Å². The van der Waals surface area contributed by atoms with Crippen LogP contribution in [-0.2, 0) is 0 Å². The van der Waals surface area contributed by atoms with Crippen molar-refractivity contribution in [3.05, 3.63) is 71.0 Å². The summed E-state index contributed by atoms with van der Waals surface area (Å²) in [6.45, 7) is 0. The zero-order valence-electron chi connectivity index (χ0n) is 8.90. The van der Waals surface area contributed by atoms with E-state index in [0.717, 1.165) is 5.56 Å². The Morgan fingerprint density at radius 2 is 1.82 bits per heavy atom. The summed E-state index contributed by atoms with van der Waals surface area (Å²) in [7, 11) is 0. The third-order valence-electron chi connectivity index (χ3n) is 2.49. The van der Waals surface area contributed by atoms with Gasteiger partial charge in [-0.05, 0) is 23.8 Å². The summed E-state index contributed by atoms with van der Waals surface area (Å²) in [5.74, 6) is -0.396. The van der Waals surface area contributed by atoms with Crippen LogP contribution < -0.4 is 0 Å². The summed E-state index contributed by atoms with van der Waals surface area (Å²) >= 11 is 6.22. The zero-order chi connectivity index (χ0) is 12.3. The van der Waals surface area contributed by atoms with Crippen molar-refractivity contribution in [2.45, 2.75) is 5.38 Å². The Morgan fingerprint density at radius 3 is 2.47 bits per heavy atom. The lowest BCUT2D eigenvalue weighted by Crippen LogP contribution is -1.97. The standard InChI is InChI=1S/C14H9ClFN/c15-14(11-4-2-1-3-5-11)12-8-10(9-17)6-7-13(12)16/h1-8,14H. The monoisotopic (exact) mass is 245 g/mol. The summed E-state index contributed by atoms with van der Waals surface area (Å²) in [5.41, 5.74) is 1.54. The number of hydrogen-bond donors (Lipinski definition) is 0. The lowest BCUT2D eigenvalue weighted by atomic mass is 10.0. The van der Waals surface area contributed by atoms with Crippen molar-refractivity contribution in [3.63, 3.8) is 0 Å². The lowest BCUT2D eigenvalue weighted by molar-refractivity contribution is 0.612. The molecular weight excluding hydrogens is 237 g/mol.